The van der Waals surface area contributed by atoms with Gasteiger partial charge in [-0.25, -0.2) is 10.2 Å². The standard InChI is InChI=1S/C15H22N6O/c1-20-5-6-21(15(20)22)14-11-7-12(10-3-2-4-16-8-10)17-9-13(11)18-19-14/h2-4,8,11-14,17-19H,5-7,9H2,1H3. The van der Waals surface area contributed by atoms with Crippen molar-refractivity contribution in [3.05, 3.63) is 30.1 Å². The van der Waals surface area contributed by atoms with Crippen molar-refractivity contribution in [1.29, 1.82) is 0 Å². The van der Waals surface area contributed by atoms with Gasteiger partial charge in [0.25, 0.3) is 0 Å². The number of hydrazine groups is 1. The molecule has 0 aromatic carbocycles. The lowest BCUT2D eigenvalue weighted by molar-refractivity contribution is 0.144. The Balaban J connectivity index is 1.51. The maximum atomic E-state index is 12.3. The van der Waals surface area contributed by atoms with Crippen LogP contribution in [-0.2, 0) is 0 Å². The molecule has 22 heavy (non-hydrogen) atoms. The first-order valence-corrected chi connectivity index (χ1v) is 7.90. The van der Waals surface area contributed by atoms with Crippen LogP contribution in [0.3, 0.4) is 0 Å². The molecule has 118 valence electrons. The normalized spacial score (nSPS) is 35.0. The number of likely N-dealkylation sites (N-methyl/N-ethyl adjacent to an activating group) is 1. The van der Waals surface area contributed by atoms with Gasteiger partial charge in [-0.15, -0.1) is 0 Å². The number of nitrogens with zero attached hydrogens (tertiary/aromatic N) is 3. The lowest BCUT2D eigenvalue weighted by atomic mass is 9.85. The molecule has 1 aromatic rings. The number of piperidine rings is 1. The third-order valence-electron chi connectivity index (χ3n) is 5.10. The molecular formula is C15H22N6O. The monoisotopic (exact) mass is 302 g/mol. The number of hydrogen-bond acceptors (Lipinski definition) is 5. The van der Waals surface area contributed by atoms with Gasteiger partial charge in [-0.05, 0) is 18.1 Å². The molecule has 0 spiro atoms. The first-order chi connectivity index (χ1) is 10.7. The van der Waals surface area contributed by atoms with Crippen LogP contribution < -0.4 is 16.2 Å². The molecule has 1 aromatic heterocycles. The van der Waals surface area contributed by atoms with Crippen LogP contribution in [0.4, 0.5) is 4.79 Å². The minimum absolute atomic E-state index is 0.0729. The van der Waals surface area contributed by atoms with E-state index in [2.05, 4.69) is 27.2 Å². The molecule has 2 amide bonds. The zero-order chi connectivity index (χ0) is 15.1. The molecule has 4 atom stereocenters. The van der Waals surface area contributed by atoms with Gasteiger partial charge in [0.1, 0.15) is 6.17 Å². The number of rotatable bonds is 2. The summed E-state index contributed by atoms with van der Waals surface area (Å²) in [7, 11) is 1.86. The van der Waals surface area contributed by atoms with Crippen LogP contribution in [0.1, 0.15) is 18.0 Å². The van der Waals surface area contributed by atoms with E-state index in [1.54, 1.807) is 11.1 Å². The minimum Gasteiger partial charge on any atom is -0.326 e. The van der Waals surface area contributed by atoms with Gasteiger partial charge in [0, 0.05) is 57.1 Å². The van der Waals surface area contributed by atoms with E-state index in [0.29, 0.717) is 18.0 Å². The van der Waals surface area contributed by atoms with Gasteiger partial charge in [0.15, 0.2) is 0 Å². The minimum atomic E-state index is 0.0729. The second-order valence-electron chi connectivity index (χ2n) is 6.38. The van der Waals surface area contributed by atoms with Gasteiger partial charge in [0.05, 0.1) is 0 Å². The van der Waals surface area contributed by atoms with Crippen LogP contribution in [0.25, 0.3) is 0 Å². The summed E-state index contributed by atoms with van der Waals surface area (Å²) in [5.41, 5.74) is 7.91. The van der Waals surface area contributed by atoms with Gasteiger partial charge in [-0.2, -0.15) is 0 Å². The molecule has 4 rings (SSSR count). The highest BCUT2D eigenvalue weighted by Crippen LogP contribution is 2.33. The summed E-state index contributed by atoms with van der Waals surface area (Å²) >= 11 is 0. The number of carbonyl (C=O) groups is 1. The number of pyridine rings is 1. The molecule has 7 heteroatoms. The molecule has 0 aliphatic carbocycles. The Bertz CT molecular complexity index is 552. The van der Waals surface area contributed by atoms with E-state index < -0.39 is 0 Å². The molecule has 3 saturated heterocycles. The molecule has 0 bridgehead atoms. The topological polar surface area (TPSA) is 72.5 Å². The average Bonchev–Trinajstić information content (AvgIpc) is 3.12. The molecule has 7 nitrogen and oxygen atoms in total. The second-order valence-corrected chi connectivity index (χ2v) is 6.38. The van der Waals surface area contributed by atoms with E-state index in [9.17, 15) is 4.79 Å². The predicted octanol–water partition coefficient (Wildman–Crippen LogP) is -0.0979. The molecule has 0 saturated carbocycles. The second kappa shape index (κ2) is 5.49. The average molecular weight is 302 g/mol. The number of fused-ring (bicyclic) bond motifs is 1. The summed E-state index contributed by atoms with van der Waals surface area (Å²) in [6, 6.07) is 4.87. The fourth-order valence-corrected chi connectivity index (χ4v) is 3.82. The lowest BCUT2D eigenvalue weighted by Gasteiger charge is -2.36. The van der Waals surface area contributed by atoms with E-state index in [1.165, 1.54) is 5.56 Å². The van der Waals surface area contributed by atoms with Gasteiger partial charge in [-0.3, -0.25) is 10.4 Å². The van der Waals surface area contributed by atoms with Crippen LogP contribution in [0.5, 0.6) is 0 Å². The predicted molar refractivity (Wildman–Crippen MR) is 81.7 cm³/mol. The van der Waals surface area contributed by atoms with E-state index in [0.717, 1.165) is 26.1 Å². The summed E-state index contributed by atoms with van der Waals surface area (Å²) in [5.74, 6) is 0.405. The van der Waals surface area contributed by atoms with Crippen LogP contribution in [0.15, 0.2) is 24.5 Å². The van der Waals surface area contributed by atoms with Crippen molar-refractivity contribution < 1.29 is 4.79 Å². The summed E-state index contributed by atoms with van der Waals surface area (Å²) in [5, 5.41) is 3.58. The summed E-state index contributed by atoms with van der Waals surface area (Å²) < 4.78 is 0. The molecular weight excluding hydrogens is 280 g/mol. The first-order valence-electron chi connectivity index (χ1n) is 7.90. The molecule has 0 radical (unpaired) electrons. The Hall–Kier alpha value is -1.70. The number of hydrogen-bond donors (Lipinski definition) is 3. The molecule has 3 N–H and O–H groups in total. The maximum absolute atomic E-state index is 12.3. The van der Waals surface area contributed by atoms with Crippen molar-refractivity contribution in [2.45, 2.75) is 24.7 Å². The van der Waals surface area contributed by atoms with Gasteiger partial charge in [0.2, 0.25) is 0 Å². The van der Waals surface area contributed by atoms with E-state index in [1.807, 2.05) is 24.2 Å². The van der Waals surface area contributed by atoms with Crippen LogP contribution in [0.2, 0.25) is 0 Å². The third kappa shape index (κ3) is 2.25. The first kappa shape index (κ1) is 13.9. The fraction of sp³-hybridized carbons (Fsp3) is 0.600. The number of nitrogens with one attached hydrogen (secondary N) is 3. The van der Waals surface area contributed by atoms with E-state index in [-0.39, 0.29) is 12.2 Å². The Kier molecular flexibility index (Phi) is 3.48. The molecule has 4 unspecified atom stereocenters. The summed E-state index contributed by atoms with van der Waals surface area (Å²) in [6.45, 7) is 2.49. The smallest absolute Gasteiger partial charge is 0.321 e. The van der Waals surface area contributed by atoms with Gasteiger partial charge < -0.3 is 15.1 Å². The van der Waals surface area contributed by atoms with Gasteiger partial charge >= 0.3 is 6.03 Å². The van der Waals surface area contributed by atoms with Crippen molar-refractivity contribution in [3.8, 4) is 0 Å². The molecule has 3 aliphatic rings. The lowest BCUT2D eigenvalue weighted by Crippen LogP contribution is -2.50. The Morgan fingerprint density at radius 2 is 2.23 bits per heavy atom. The highest BCUT2D eigenvalue weighted by atomic mass is 16.2. The fourth-order valence-electron chi connectivity index (χ4n) is 3.82. The van der Waals surface area contributed by atoms with E-state index >= 15 is 0 Å². The van der Waals surface area contributed by atoms with Crippen molar-refractivity contribution >= 4 is 6.03 Å². The molecule has 3 fully saturated rings. The largest absolute Gasteiger partial charge is 0.326 e. The third-order valence-corrected chi connectivity index (χ3v) is 5.10. The number of aromatic nitrogens is 1. The summed E-state index contributed by atoms with van der Waals surface area (Å²) in [6.07, 6.45) is 4.80. The van der Waals surface area contributed by atoms with Crippen LogP contribution in [-0.4, -0.2) is 59.7 Å². The van der Waals surface area contributed by atoms with E-state index in [4.69, 9.17) is 0 Å². The zero-order valence-corrected chi connectivity index (χ0v) is 12.7. The SMILES string of the molecule is CN1CCN(C2NNC3CNC(c4cccnc4)CC32)C1=O. The van der Waals surface area contributed by atoms with Crippen molar-refractivity contribution in [2.24, 2.45) is 5.92 Å². The van der Waals surface area contributed by atoms with Crippen molar-refractivity contribution in [1.82, 2.24) is 31.0 Å². The van der Waals surface area contributed by atoms with Crippen molar-refractivity contribution in [3.63, 3.8) is 0 Å². The summed E-state index contributed by atoms with van der Waals surface area (Å²) in [4.78, 5) is 20.2. The Labute approximate surface area is 130 Å². The van der Waals surface area contributed by atoms with Crippen LogP contribution >= 0.6 is 0 Å². The Morgan fingerprint density at radius 1 is 1.32 bits per heavy atom. The highest BCUT2D eigenvalue weighted by Gasteiger charge is 2.46. The number of amides is 2. The number of urea groups is 1. The van der Waals surface area contributed by atoms with Gasteiger partial charge in [-0.1, -0.05) is 6.07 Å². The highest BCUT2D eigenvalue weighted by molar-refractivity contribution is 5.76. The van der Waals surface area contributed by atoms with Crippen molar-refractivity contribution in [2.75, 3.05) is 26.7 Å². The zero-order valence-electron chi connectivity index (χ0n) is 12.7. The van der Waals surface area contributed by atoms with Crippen LogP contribution in [0, 0.1) is 5.92 Å². The molecule has 4 heterocycles. The number of carbonyl (C=O) groups excluding carboxylic acids is 1. The molecule has 3 aliphatic heterocycles. The Morgan fingerprint density at radius 3 is 2.95 bits per heavy atom. The quantitative estimate of drug-likeness (QED) is 0.712. The maximum Gasteiger partial charge on any atom is 0.321 e.